The van der Waals surface area contributed by atoms with Crippen molar-refractivity contribution in [2.24, 2.45) is 10.9 Å². The lowest BCUT2D eigenvalue weighted by molar-refractivity contribution is 0.125. The molecule has 1 atom stereocenters. The fraction of sp³-hybridized carbons (Fsp3) is 0.538. The Labute approximate surface area is 336 Å². The van der Waals surface area contributed by atoms with Crippen molar-refractivity contribution in [1.82, 2.24) is 19.0 Å². The van der Waals surface area contributed by atoms with Gasteiger partial charge in [-0.15, -0.1) is 0 Å². The number of allylic oxidation sites excluding steroid dienone is 3. The van der Waals surface area contributed by atoms with Gasteiger partial charge in [-0.3, -0.25) is 14.8 Å². The van der Waals surface area contributed by atoms with E-state index in [0.29, 0.717) is 80.0 Å². The molecule has 2 heterocycles. The van der Waals surface area contributed by atoms with E-state index in [1.54, 1.807) is 34.1 Å². The van der Waals surface area contributed by atoms with Crippen molar-refractivity contribution in [3.8, 4) is 11.5 Å². The van der Waals surface area contributed by atoms with Crippen molar-refractivity contribution >= 4 is 54.9 Å². The van der Waals surface area contributed by atoms with Crippen LogP contribution in [0.1, 0.15) is 57.6 Å². The molecule has 0 aromatic heterocycles. The van der Waals surface area contributed by atoms with E-state index in [1.165, 1.54) is 17.7 Å². The van der Waals surface area contributed by atoms with Gasteiger partial charge in [0.2, 0.25) is 10.0 Å². The van der Waals surface area contributed by atoms with Crippen LogP contribution in [0.4, 0.5) is 4.79 Å². The maximum absolute atomic E-state index is 15.0. The molecule has 0 radical (unpaired) electrons. The Morgan fingerprint density at radius 3 is 2.24 bits per heavy atom. The van der Waals surface area contributed by atoms with Crippen LogP contribution in [0.5, 0.6) is 11.5 Å². The number of nitrogens with zero attached hydrogens (tertiary/aromatic N) is 5. The van der Waals surface area contributed by atoms with Gasteiger partial charge in [0, 0.05) is 67.6 Å². The van der Waals surface area contributed by atoms with Crippen molar-refractivity contribution in [3.05, 3.63) is 75.8 Å². The molecule has 5 rings (SSSR count). The van der Waals surface area contributed by atoms with Crippen molar-refractivity contribution in [3.63, 3.8) is 0 Å². The van der Waals surface area contributed by atoms with E-state index in [1.807, 2.05) is 51.1 Å². The lowest BCUT2D eigenvalue weighted by Gasteiger charge is -2.39. The number of hydrogen-bond acceptors (Lipinski definition) is 9. The molecular weight excluding hydrogens is 785 g/mol. The molecule has 2 aliphatic heterocycles. The summed E-state index contributed by atoms with van der Waals surface area (Å²) in [6, 6.07) is 10.0. The highest BCUT2D eigenvalue weighted by Crippen LogP contribution is 2.38. The highest BCUT2D eigenvalue weighted by atomic mass is 35.5. The van der Waals surface area contributed by atoms with Crippen molar-refractivity contribution in [2.75, 3.05) is 71.5 Å². The molecule has 2 saturated heterocycles. The number of aliphatic imine (C=N–C) groups is 1. The van der Waals surface area contributed by atoms with Crippen LogP contribution in [-0.2, 0) is 26.4 Å². The molecule has 1 unspecified atom stereocenters. The van der Waals surface area contributed by atoms with Crippen LogP contribution in [-0.4, -0.2) is 125 Å². The first kappa shape index (κ1) is 43.0. The second-order valence-electron chi connectivity index (χ2n) is 14.7. The second-order valence-corrected chi connectivity index (χ2v) is 19.8. The van der Waals surface area contributed by atoms with Gasteiger partial charge in [-0.25, -0.2) is 21.6 Å². The number of carbonyl (C=O) groups is 1. The Morgan fingerprint density at radius 2 is 1.65 bits per heavy atom. The number of sulfonamides is 1. The number of amidine groups is 1. The summed E-state index contributed by atoms with van der Waals surface area (Å²) in [5.74, 6) is 0.707. The number of halogens is 2. The van der Waals surface area contributed by atoms with Crippen LogP contribution in [0.3, 0.4) is 0 Å². The summed E-state index contributed by atoms with van der Waals surface area (Å²) in [6.07, 6.45) is 9.67. The largest absolute Gasteiger partial charge is 0.495 e. The number of urea groups is 1. The fourth-order valence-electron chi connectivity index (χ4n) is 7.05. The quantitative estimate of drug-likeness (QED) is 0.157. The minimum absolute atomic E-state index is 0.0327. The zero-order chi connectivity index (χ0) is 40.0. The van der Waals surface area contributed by atoms with Crippen molar-refractivity contribution < 1.29 is 31.1 Å². The summed E-state index contributed by atoms with van der Waals surface area (Å²) in [4.78, 5) is 25.9. The number of amides is 2. The molecule has 3 aliphatic rings. The number of carbonyl (C=O) groups excluding carboxylic acids is 1. The van der Waals surface area contributed by atoms with E-state index >= 15 is 4.79 Å². The van der Waals surface area contributed by atoms with Crippen LogP contribution in [0.15, 0.2) is 69.5 Å². The lowest BCUT2D eigenvalue weighted by atomic mass is 9.83. The molecular formula is C39H53Cl2N5O7S2. The zero-order valence-electron chi connectivity index (χ0n) is 32.3. The van der Waals surface area contributed by atoms with E-state index in [-0.39, 0.29) is 47.3 Å². The standard InChI is InChI=1S/C39H53Cl2N5O7S2/c1-6-53-34-27-35(52-4)36(55(50,51)45-19-7-8-20-45)26-33(34)37(42-39(2,3)30-12-16-32(41)17-13-30)46(28-29-10-14-31(40)15-11-29)38(47)44-23-21-43(22-24-44)18-9-25-54(5,48)49/h10-12,14-17,26-27,30H,6-9,13,18-25,28H2,1-5H3. The maximum atomic E-state index is 15.0. The molecule has 2 fully saturated rings. The highest BCUT2D eigenvalue weighted by Gasteiger charge is 2.37. The predicted octanol–water partition coefficient (Wildman–Crippen LogP) is 6.43. The molecule has 2 aromatic carbocycles. The van der Waals surface area contributed by atoms with Gasteiger partial charge in [-0.2, -0.15) is 4.31 Å². The number of hydrogen-bond donors (Lipinski definition) is 0. The summed E-state index contributed by atoms with van der Waals surface area (Å²) in [5.41, 5.74) is 0.309. The Bertz CT molecular complexity index is 1990. The van der Waals surface area contributed by atoms with Crippen LogP contribution in [0, 0.1) is 5.92 Å². The summed E-state index contributed by atoms with van der Waals surface area (Å²) in [5, 5.41) is 1.18. The van der Waals surface area contributed by atoms with Gasteiger partial charge in [-0.1, -0.05) is 47.5 Å². The first-order valence-corrected chi connectivity index (χ1v) is 23.0. The van der Waals surface area contributed by atoms with Gasteiger partial charge < -0.3 is 14.4 Å². The molecule has 0 saturated carbocycles. The van der Waals surface area contributed by atoms with Crippen LogP contribution in [0.25, 0.3) is 0 Å². The third-order valence-corrected chi connectivity index (χ3v) is 13.7. The van der Waals surface area contributed by atoms with Crippen LogP contribution < -0.4 is 9.47 Å². The molecule has 12 nitrogen and oxygen atoms in total. The summed E-state index contributed by atoms with van der Waals surface area (Å²) in [7, 11) is -5.65. The minimum Gasteiger partial charge on any atom is -0.495 e. The van der Waals surface area contributed by atoms with E-state index in [4.69, 9.17) is 37.7 Å². The molecule has 0 bridgehead atoms. The van der Waals surface area contributed by atoms with Gasteiger partial charge in [0.05, 0.1) is 37.1 Å². The monoisotopic (exact) mass is 837 g/mol. The molecule has 2 amide bonds. The molecule has 55 heavy (non-hydrogen) atoms. The number of methoxy groups -OCH3 is 1. The van der Waals surface area contributed by atoms with Gasteiger partial charge in [0.15, 0.2) is 0 Å². The predicted molar refractivity (Wildman–Crippen MR) is 219 cm³/mol. The Hall–Kier alpha value is -3.14. The Morgan fingerprint density at radius 1 is 0.982 bits per heavy atom. The van der Waals surface area contributed by atoms with Crippen molar-refractivity contribution in [2.45, 2.75) is 63.4 Å². The van der Waals surface area contributed by atoms with E-state index in [0.717, 1.165) is 18.4 Å². The molecule has 302 valence electrons. The van der Waals surface area contributed by atoms with E-state index < -0.39 is 25.4 Å². The Balaban J connectivity index is 1.66. The topological polar surface area (TPSA) is 129 Å². The average Bonchev–Trinajstić information content (AvgIpc) is 3.70. The summed E-state index contributed by atoms with van der Waals surface area (Å²) >= 11 is 12.6. The van der Waals surface area contributed by atoms with Crippen LogP contribution in [0.2, 0.25) is 5.02 Å². The van der Waals surface area contributed by atoms with Crippen molar-refractivity contribution in [1.29, 1.82) is 0 Å². The summed E-state index contributed by atoms with van der Waals surface area (Å²) < 4.78 is 65.4. The first-order chi connectivity index (χ1) is 26.0. The summed E-state index contributed by atoms with van der Waals surface area (Å²) in [6.45, 7) is 9.48. The number of sulfone groups is 1. The zero-order valence-corrected chi connectivity index (χ0v) is 35.5. The van der Waals surface area contributed by atoms with Gasteiger partial charge in [0.25, 0.3) is 0 Å². The lowest BCUT2D eigenvalue weighted by Crippen LogP contribution is -2.54. The number of rotatable bonds is 14. The van der Waals surface area contributed by atoms with Gasteiger partial charge in [0.1, 0.15) is 32.1 Å². The van der Waals surface area contributed by atoms with E-state index in [2.05, 4.69) is 4.90 Å². The number of ether oxygens (including phenoxy) is 2. The second kappa shape index (κ2) is 18.4. The molecule has 2 aromatic rings. The number of piperazine rings is 1. The highest BCUT2D eigenvalue weighted by molar-refractivity contribution is 7.90. The Kier molecular flexibility index (Phi) is 14.4. The molecule has 0 N–H and O–H groups in total. The smallest absolute Gasteiger partial charge is 0.326 e. The fourth-order valence-corrected chi connectivity index (χ4v) is 9.67. The normalized spacial score (nSPS) is 19.0. The SMILES string of the molecule is CCOc1cc(OC)c(S(=O)(=O)N2CCCC2)cc1C(=NC(C)(C)C1C=CC(Cl)=CC1)N(Cc1ccc(Cl)cc1)C(=O)N1CCN(CCCS(C)(=O)=O)CC1. The average molecular weight is 839 g/mol. The van der Waals surface area contributed by atoms with Gasteiger partial charge in [-0.05, 0) is 82.8 Å². The van der Waals surface area contributed by atoms with E-state index in [9.17, 15) is 16.8 Å². The third kappa shape index (κ3) is 11.0. The molecule has 16 heteroatoms. The first-order valence-electron chi connectivity index (χ1n) is 18.7. The van der Waals surface area contributed by atoms with Crippen LogP contribution >= 0.6 is 23.2 Å². The molecule has 0 spiro atoms. The molecule has 1 aliphatic carbocycles. The number of benzene rings is 2. The van der Waals surface area contributed by atoms with Gasteiger partial charge >= 0.3 is 6.03 Å². The maximum Gasteiger partial charge on any atom is 0.326 e. The third-order valence-electron chi connectivity index (χ3n) is 10.2. The minimum atomic E-state index is -4.00.